The molecular weight excluding hydrogens is 2000 g/mol. The van der Waals surface area contributed by atoms with Crippen LogP contribution in [0.5, 0.6) is 0 Å². The second-order valence-electron chi connectivity index (χ2n) is 5.86. The molecule has 0 amide bonds. The minimum Gasteiger partial charge on any atom is -0.790 e. The number of hydrogen-bond donors (Lipinski definition) is 0. The molecule has 0 atom stereocenters. The van der Waals surface area contributed by atoms with Crippen LogP contribution in [0.25, 0.3) is 0 Å². The summed E-state index contributed by atoms with van der Waals surface area (Å²) in [6, 6.07) is 0. The van der Waals surface area contributed by atoms with Gasteiger partial charge in [0.15, 0.2) is 0 Å². The van der Waals surface area contributed by atoms with Gasteiger partial charge in [0, 0.05) is 124 Å². The van der Waals surface area contributed by atoms with Gasteiger partial charge in [-0.05, 0) is 0 Å². The van der Waals surface area contributed by atoms with Gasteiger partial charge in [-0.15, -0.1) is 0 Å². The molecule has 0 saturated heterocycles. The fourth-order valence-corrected chi connectivity index (χ4v) is 6.61. The summed E-state index contributed by atoms with van der Waals surface area (Å²) >= 11 is 0. The maximum Gasteiger partial charge on any atom is 0.0655 e. The van der Waals surface area contributed by atoms with Crippen molar-refractivity contribution in [1.29, 1.82) is 0 Å². The molecule has 0 bridgehead atoms. The molecule has 0 N–H and O–H groups in total. The molecule has 0 aliphatic rings. The van der Waals surface area contributed by atoms with Crippen molar-refractivity contribution in [3.05, 3.63) is 0 Å². The van der Waals surface area contributed by atoms with E-state index in [1.807, 2.05) is 0 Å². The van der Waals surface area contributed by atoms with Crippen molar-refractivity contribution in [2.24, 2.45) is 0 Å². The average molecular weight is 2000 g/mol. The van der Waals surface area contributed by atoms with Gasteiger partial charge in [0.2, 0.25) is 0 Å². The Kier molecular flexibility index (Phi) is 51.1. The van der Waals surface area contributed by atoms with Crippen LogP contribution in [-0.4, -0.2) is 0 Å². The maximum absolute atomic E-state index is 9.32. The minimum atomic E-state index is -5.68. The summed E-state index contributed by atoms with van der Waals surface area (Å²) in [5.74, 6) is 0. The number of phosphoric acid groups is 12. The molecule has 352 valence electrons. The van der Waals surface area contributed by atoms with Gasteiger partial charge in [-0.2, -0.15) is 0 Å². The van der Waals surface area contributed by atoms with Gasteiger partial charge in [-0.3, -0.25) is 0 Å². The third kappa shape index (κ3) is 131. The van der Waals surface area contributed by atoms with Crippen molar-refractivity contribution in [1.82, 2.24) is 0 Å². The molecule has 0 aliphatic carbocycles. The van der Waals surface area contributed by atoms with Crippen LogP contribution < -0.4 is 117 Å². The van der Waals surface area contributed by atoms with Gasteiger partial charge in [0.1, 0.15) is 0 Å². The van der Waals surface area contributed by atoms with Crippen molar-refractivity contribution in [2.75, 3.05) is 0 Å². The Hall–Kier alpha value is 5.77. The van der Waals surface area contributed by atoms with Gasteiger partial charge in [-0.25, -0.2) is 0 Å². The Morgan fingerprint density at radius 3 is 0.190 bits per heavy atom. The molecule has 0 fully saturated rings. The summed E-state index contributed by atoms with van der Waals surface area (Å²) in [6.07, 6.45) is 0. The first-order valence-corrected chi connectivity index (χ1v) is 26.3. The van der Waals surface area contributed by atoms with Crippen molar-refractivity contribution in [2.45, 2.75) is 0 Å². The van der Waals surface area contributed by atoms with E-state index >= 15 is 0 Å². The second kappa shape index (κ2) is 34.1. The Balaban J connectivity index is -0.0000000588. The second-order valence-corrected chi connectivity index (χ2v) is 20.5. The molecule has 0 saturated carbocycles. The zero-order valence-corrected chi connectivity index (χ0v) is 51.9. The first-order chi connectivity index (χ1) is 22.2. The normalized spacial score (nSPS) is 12.8. The summed E-state index contributed by atoms with van der Waals surface area (Å²) in [5, 5.41) is 0. The Morgan fingerprint density at radius 1 is 0.155 bits per heavy atom. The summed E-state index contributed by atoms with van der Waals surface area (Å²) in [4.78, 5) is 224. The number of rotatable bonds is 12. The Labute approximate surface area is 411 Å². The maximum atomic E-state index is 9.32. The molecule has 58 heavy (non-hydrogen) atoms. The molecule has 0 aliphatic heterocycles. The average Bonchev–Trinajstić information content (AvgIpc) is 2.50. The fourth-order valence-electron chi connectivity index (χ4n) is 0.735. The molecule has 0 spiro atoms. The van der Waals surface area contributed by atoms with E-state index in [-0.39, 0.29) is 124 Å². The van der Waals surface area contributed by atoms with E-state index < -0.39 is 93.9 Å². The van der Waals surface area contributed by atoms with Crippen molar-refractivity contribution >= 4 is 93.9 Å². The van der Waals surface area contributed by atoms with Crippen LogP contribution in [0.1, 0.15) is 0 Å². The Morgan fingerprint density at radius 2 is 0.190 bits per heavy atom. The van der Waals surface area contributed by atoms with E-state index in [1.54, 1.807) is 0 Å². The zero-order valence-electron chi connectivity index (χ0n) is 24.5. The van der Waals surface area contributed by atoms with Crippen LogP contribution in [0.2, 0.25) is 0 Å². The summed E-state index contributed by atoms with van der Waals surface area (Å²) in [6.45, 7) is 0. The van der Waals surface area contributed by atoms with Crippen LogP contribution >= 0.6 is 93.9 Å². The first kappa shape index (κ1) is 86.9. The van der Waals surface area contributed by atoms with E-state index in [0.717, 1.165) is 0 Å². The van der Waals surface area contributed by atoms with Gasteiger partial charge in [-0.1, -0.05) is 0 Å². The molecular formula is O42P12U4-24. The molecule has 0 aromatic carbocycles. The van der Waals surface area contributed by atoms with E-state index in [2.05, 4.69) is 25.9 Å². The van der Waals surface area contributed by atoms with E-state index in [9.17, 15) is 172 Å². The van der Waals surface area contributed by atoms with Crippen LogP contribution in [-0.2, 0) is 80.6 Å². The smallest absolute Gasteiger partial charge is 0.0655 e. The molecule has 0 aromatic rings. The minimum absolute atomic E-state index is 0. The van der Waals surface area contributed by atoms with Crippen molar-refractivity contribution in [3.8, 4) is 0 Å². The Bertz CT molecular complexity index is 1230. The third-order valence-corrected chi connectivity index (χ3v) is 10.8. The van der Waals surface area contributed by atoms with Gasteiger partial charge < -0.3 is 198 Å². The number of hydrogen-bond acceptors (Lipinski definition) is 42. The first-order valence-electron chi connectivity index (χ1n) is 8.76. The van der Waals surface area contributed by atoms with Gasteiger partial charge >= 0.3 is 0 Å². The molecule has 0 radical (unpaired) electrons. The zero-order chi connectivity index (χ0) is 46.2. The van der Waals surface area contributed by atoms with Crippen LogP contribution in [0.3, 0.4) is 0 Å². The standard InChI is InChI=1S/6H4O7P2.4U/c6*1-8(2,3)7-9(4,5)6;;;;/h6*(H2,1,2,3)(H2,4,5,6);;;;/p-24. The van der Waals surface area contributed by atoms with E-state index in [4.69, 9.17) is 0 Å². The third-order valence-electron chi connectivity index (χ3n) is 1.20. The predicted octanol–water partition coefficient (Wildman–Crippen LogP) is -20.0. The van der Waals surface area contributed by atoms with Crippen molar-refractivity contribution in [3.63, 3.8) is 0 Å². The van der Waals surface area contributed by atoms with Crippen molar-refractivity contribution < 1.29 is 323 Å². The fraction of sp³-hybridized carbons (Fsp3) is 0. The van der Waals surface area contributed by atoms with Gasteiger partial charge in [0.25, 0.3) is 0 Å². The molecule has 0 aromatic heterocycles. The monoisotopic (exact) mass is 2000 g/mol. The summed E-state index contributed by atoms with van der Waals surface area (Å²) in [7, 11) is -68.1. The molecule has 0 unspecified atom stereocenters. The quantitative estimate of drug-likeness (QED) is 0.164. The topological polar surface area (TPSA) is 814 Å². The van der Waals surface area contributed by atoms with Crippen LogP contribution in [0.15, 0.2) is 0 Å². The summed E-state index contributed by atoms with van der Waals surface area (Å²) in [5.41, 5.74) is 0. The SMILES string of the molecule is O=P([O-])([O-])OP(=O)([O-])[O-].O=P([O-])([O-])OP(=O)([O-])[O-].O=P([O-])([O-])OP(=O)([O-])[O-].O=P([O-])([O-])OP(=O)([O-])[O-].O=P([O-])([O-])OP(=O)([O-])[O-].O=P([O-])([O-])OP(=O)([O-])[O-].[U].[U].[U].[U]. The van der Waals surface area contributed by atoms with Crippen LogP contribution in [0, 0.1) is 124 Å². The van der Waals surface area contributed by atoms with E-state index in [0.29, 0.717) is 0 Å². The molecule has 42 nitrogen and oxygen atoms in total. The molecule has 0 rings (SSSR count). The molecule has 58 heteroatoms. The van der Waals surface area contributed by atoms with Gasteiger partial charge in [0.05, 0.1) is 93.9 Å². The van der Waals surface area contributed by atoms with E-state index in [1.165, 1.54) is 0 Å². The largest absolute Gasteiger partial charge is 0.790 e. The molecule has 0 heterocycles. The predicted molar refractivity (Wildman–Crippen MR) is 97.8 cm³/mol. The summed E-state index contributed by atoms with van der Waals surface area (Å²) < 4.78 is 127. The van der Waals surface area contributed by atoms with Crippen LogP contribution in [0.4, 0.5) is 0 Å².